The molecule has 2 atom stereocenters. The lowest BCUT2D eigenvalue weighted by Crippen LogP contribution is -2.48. The third-order valence-corrected chi connectivity index (χ3v) is 6.95. The van der Waals surface area contributed by atoms with Crippen LogP contribution in [0.5, 0.6) is 5.75 Å². The van der Waals surface area contributed by atoms with Gasteiger partial charge in [-0.15, -0.1) is 0 Å². The molecule has 33 heavy (non-hydrogen) atoms. The van der Waals surface area contributed by atoms with E-state index in [0.717, 1.165) is 62.8 Å². The maximum atomic E-state index is 12.5. The van der Waals surface area contributed by atoms with Gasteiger partial charge in [0.1, 0.15) is 18.2 Å². The Labute approximate surface area is 192 Å². The molecular weight excluding hydrogens is 422 g/mol. The summed E-state index contributed by atoms with van der Waals surface area (Å²) < 4.78 is 7.33. The lowest BCUT2D eigenvalue weighted by Gasteiger charge is -2.27. The van der Waals surface area contributed by atoms with E-state index < -0.39 is 5.69 Å². The fourth-order valence-electron chi connectivity index (χ4n) is 4.99. The number of carbonyl (C=O) groups is 1. The van der Waals surface area contributed by atoms with E-state index in [1.165, 1.54) is 4.57 Å². The topological polar surface area (TPSA) is 118 Å². The van der Waals surface area contributed by atoms with Crippen molar-refractivity contribution in [2.75, 3.05) is 64.3 Å². The average Bonchev–Trinajstić information content (AvgIpc) is 3.32. The van der Waals surface area contributed by atoms with Crippen LogP contribution in [0.25, 0.3) is 5.69 Å². The average molecular weight is 454 g/mol. The second kappa shape index (κ2) is 9.50. The summed E-state index contributed by atoms with van der Waals surface area (Å²) in [7, 11) is 0. The van der Waals surface area contributed by atoms with Gasteiger partial charge in [0.25, 0.3) is 0 Å². The highest BCUT2D eigenvalue weighted by atomic mass is 16.5. The highest BCUT2D eigenvalue weighted by Gasteiger charge is 2.54. The standard InChI is InChI=1S/C23H31N7O3/c24-13-18-19-14-28(15-20(18)19)11-12-33-17-3-1-16(2-4-17)30-8-5-21(27-23(30)32)26-22(31)29-9-6-25-7-10-29/h1-5,8,18-20,25H,6-7,9-15,24H2,(H,26,27,31,32). The van der Waals surface area contributed by atoms with Crippen molar-refractivity contribution in [2.24, 2.45) is 23.5 Å². The van der Waals surface area contributed by atoms with E-state index in [0.29, 0.717) is 25.4 Å². The second-order valence-corrected chi connectivity index (χ2v) is 8.96. The minimum absolute atomic E-state index is 0.243. The molecule has 5 rings (SSSR count). The molecule has 0 radical (unpaired) electrons. The predicted molar refractivity (Wildman–Crippen MR) is 125 cm³/mol. The van der Waals surface area contributed by atoms with Crippen LogP contribution >= 0.6 is 0 Å². The van der Waals surface area contributed by atoms with Crippen molar-refractivity contribution in [3.63, 3.8) is 0 Å². The van der Waals surface area contributed by atoms with Gasteiger partial charge in [-0.25, -0.2) is 9.59 Å². The first-order chi connectivity index (χ1) is 16.1. The summed E-state index contributed by atoms with van der Waals surface area (Å²) in [6, 6.07) is 8.75. The second-order valence-electron chi connectivity index (χ2n) is 8.96. The minimum Gasteiger partial charge on any atom is -0.492 e. The van der Waals surface area contributed by atoms with Gasteiger partial charge in [-0.2, -0.15) is 4.98 Å². The molecule has 3 heterocycles. The molecule has 4 N–H and O–H groups in total. The SMILES string of the molecule is NCC1C2CN(CCOc3ccc(-n4ccc(NC(=O)N5CCNCC5)nc4=O)cc3)CC12. The number of piperidine rings is 1. The van der Waals surface area contributed by atoms with Gasteiger partial charge in [0.05, 0.1) is 5.69 Å². The lowest BCUT2D eigenvalue weighted by atomic mass is 10.2. The molecule has 2 saturated heterocycles. The number of rotatable bonds is 7. The molecule has 1 aromatic carbocycles. The number of nitrogens with two attached hydrogens (primary N) is 1. The van der Waals surface area contributed by atoms with Crippen molar-refractivity contribution in [1.29, 1.82) is 0 Å². The van der Waals surface area contributed by atoms with E-state index in [4.69, 9.17) is 10.5 Å². The zero-order chi connectivity index (χ0) is 22.8. The van der Waals surface area contributed by atoms with Crippen molar-refractivity contribution in [2.45, 2.75) is 0 Å². The van der Waals surface area contributed by atoms with Crippen LogP contribution in [0.4, 0.5) is 10.6 Å². The molecule has 1 saturated carbocycles. The van der Waals surface area contributed by atoms with Crippen LogP contribution in [0.1, 0.15) is 0 Å². The molecule has 3 aliphatic rings. The highest BCUT2D eigenvalue weighted by molar-refractivity contribution is 5.88. The van der Waals surface area contributed by atoms with Gasteiger partial charge in [0.15, 0.2) is 0 Å². The van der Waals surface area contributed by atoms with E-state index in [1.807, 2.05) is 24.3 Å². The van der Waals surface area contributed by atoms with Crippen LogP contribution in [0.3, 0.4) is 0 Å². The number of hydrogen-bond acceptors (Lipinski definition) is 7. The Morgan fingerprint density at radius 1 is 1.15 bits per heavy atom. The predicted octanol–water partition coefficient (Wildman–Crippen LogP) is 0.185. The number of ether oxygens (including phenoxy) is 1. The Kier molecular flexibility index (Phi) is 6.30. The number of nitrogens with one attached hydrogen (secondary N) is 2. The number of benzene rings is 1. The number of piperazine rings is 1. The summed E-state index contributed by atoms with van der Waals surface area (Å²) in [4.78, 5) is 33.0. The summed E-state index contributed by atoms with van der Waals surface area (Å²) in [6.45, 7) is 7.42. The molecule has 2 aliphatic heterocycles. The number of urea groups is 1. The fourth-order valence-corrected chi connectivity index (χ4v) is 4.99. The van der Waals surface area contributed by atoms with Crippen molar-refractivity contribution in [3.05, 3.63) is 47.0 Å². The van der Waals surface area contributed by atoms with Gasteiger partial charge in [0.2, 0.25) is 0 Å². The molecule has 10 heteroatoms. The lowest BCUT2D eigenvalue weighted by molar-refractivity contribution is 0.204. The Morgan fingerprint density at radius 3 is 2.55 bits per heavy atom. The number of fused-ring (bicyclic) bond motifs is 1. The number of hydrogen-bond donors (Lipinski definition) is 3. The van der Waals surface area contributed by atoms with Gasteiger partial charge in [0, 0.05) is 52.0 Å². The van der Waals surface area contributed by atoms with Crippen LogP contribution in [0.15, 0.2) is 41.3 Å². The number of aromatic nitrogens is 2. The van der Waals surface area contributed by atoms with Crippen molar-refractivity contribution < 1.29 is 9.53 Å². The molecule has 1 aromatic heterocycles. The van der Waals surface area contributed by atoms with E-state index in [1.54, 1.807) is 17.2 Å². The van der Waals surface area contributed by atoms with E-state index in [2.05, 4.69) is 20.5 Å². The van der Waals surface area contributed by atoms with E-state index in [-0.39, 0.29) is 11.8 Å². The van der Waals surface area contributed by atoms with Gasteiger partial charge < -0.3 is 20.7 Å². The monoisotopic (exact) mass is 453 g/mol. The summed E-state index contributed by atoms with van der Waals surface area (Å²) in [5.41, 5.74) is 6.01. The summed E-state index contributed by atoms with van der Waals surface area (Å²) in [6.07, 6.45) is 1.62. The van der Waals surface area contributed by atoms with Gasteiger partial charge in [-0.05, 0) is 54.6 Å². The molecule has 2 amide bonds. The molecule has 1 aliphatic carbocycles. The van der Waals surface area contributed by atoms with E-state index >= 15 is 0 Å². The smallest absolute Gasteiger partial charge is 0.354 e. The largest absolute Gasteiger partial charge is 0.492 e. The number of likely N-dealkylation sites (tertiary alicyclic amines) is 1. The molecule has 2 unspecified atom stereocenters. The first-order valence-electron chi connectivity index (χ1n) is 11.6. The maximum Gasteiger partial charge on any atom is 0.354 e. The summed E-state index contributed by atoms with van der Waals surface area (Å²) in [5.74, 6) is 3.34. The normalized spacial score (nSPS) is 24.4. The van der Waals surface area contributed by atoms with Crippen LogP contribution in [0, 0.1) is 17.8 Å². The first kappa shape index (κ1) is 21.9. The van der Waals surface area contributed by atoms with Crippen molar-refractivity contribution in [1.82, 2.24) is 24.7 Å². The summed E-state index contributed by atoms with van der Waals surface area (Å²) in [5, 5.41) is 5.90. The number of amides is 2. The summed E-state index contributed by atoms with van der Waals surface area (Å²) >= 11 is 0. The quantitative estimate of drug-likeness (QED) is 0.548. The van der Waals surface area contributed by atoms with Crippen LogP contribution in [0.2, 0.25) is 0 Å². The zero-order valence-electron chi connectivity index (χ0n) is 18.7. The van der Waals surface area contributed by atoms with Crippen molar-refractivity contribution >= 4 is 11.8 Å². The molecular formula is C23H31N7O3. The van der Waals surface area contributed by atoms with Gasteiger partial charge >= 0.3 is 11.7 Å². The number of carbonyl (C=O) groups excluding carboxylic acids is 1. The molecule has 2 aromatic rings. The Morgan fingerprint density at radius 2 is 1.88 bits per heavy atom. The van der Waals surface area contributed by atoms with Crippen LogP contribution in [-0.2, 0) is 0 Å². The third-order valence-electron chi connectivity index (χ3n) is 6.95. The van der Waals surface area contributed by atoms with Crippen molar-refractivity contribution in [3.8, 4) is 11.4 Å². The molecule has 0 bridgehead atoms. The highest BCUT2D eigenvalue weighted by Crippen LogP contribution is 2.50. The fraction of sp³-hybridized carbons (Fsp3) is 0.522. The van der Waals surface area contributed by atoms with Crippen LogP contribution < -0.4 is 26.8 Å². The van der Waals surface area contributed by atoms with Gasteiger partial charge in [-0.1, -0.05) is 0 Å². The van der Waals surface area contributed by atoms with Gasteiger partial charge in [-0.3, -0.25) is 14.8 Å². The Bertz CT molecular complexity index is 1020. The minimum atomic E-state index is -0.454. The maximum absolute atomic E-state index is 12.5. The third kappa shape index (κ3) is 4.87. The number of anilines is 1. The molecule has 10 nitrogen and oxygen atoms in total. The molecule has 3 fully saturated rings. The molecule has 176 valence electrons. The molecule has 0 spiro atoms. The Hall–Kier alpha value is -2.95. The zero-order valence-corrected chi connectivity index (χ0v) is 18.7. The van der Waals surface area contributed by atoms with Crippen LogP contribution in [-0.4, -0.2) is 84.3 Å². The first-order valence-corrected chi connectivity index (χ1v) is 11.6. The van der Waals surface area contributed by atoms with E-state index in [9.17, 15) is 9.59 Å². The number of nitrogens with zero attached hydrogens (tertiary/aromatic N) is 4. The Balaban J connectivity index is 1.12.